The maximum absolute atomic E-state index is 12.2. The van der Waals surface area contributed by atoms with Crippen LogP contribution in [-0.2, 0) is 4.74 Å². The molecule has 1 aliphatic rings. The molecule has 6 nitrogen and oxygen atoms in total. The first kappa shape index (κ1) is 21.3. The van der Waals surface area contributed by atoms with Crippen LogP contribution in [0, 0.1) is 17.2 Å². The number of halogens is 1. The number of ether oxygens (including phenoxy) is 1. The van der Waals surface area contributed by atoms with Crippen molar-refractivity contribution in [2.75, 3.05) is 11.9 Å². The number of aromatic nitrogens is 1. The molecule has 1 N–H and O–H groups in total. The molecular weight excluding hydrogens is 364 g/mol. The Kier molecular flexibility index (Phi) is 6.94. The lowest BCUT2D eigenvalue weighted by atomic mass is 9.79. The molecule has 0 aliphatic heterocycles. The van der Waals surface area contributed by atoms with E-state index in [1.54, 1.807) is 6.07 Å². The second-order valence-corrected chi connectivity index (χ2v) is 8.54. The van der Waals surface area contributed by atoms with Crippen molar-refractivity contribution in [1.29, 1.82) is 5.26 Å². The number of pyridine rings is 1. The van der Waals surface area contributed by atoms with E-state index in [0.717, 1.165) is 31.5 Å². The van der Waals surface area contributed by atoms with Gasteiger partial charge in [0.2, 0.25) is 0 Å². The molecule has 1 aromatic heterocycles. The summed E-state index contributed by atoms with van der Waals surface area (Å²) in [6.07, 6.45) is 3.92. The van der Waals surface area contributed by atoms with Gasteiger partial charge >= 0.3 is 6.09 Å². The fourth-order valence-corrected chi connectivity index (χ4v) is 3.87. The first-order valence-electron chi connectivity index (χ1n) is 9.41. The lowest BCUT2D eigenvalue weighted by Gasteiger charge is -2.41. The van der Waals surface area contributed by atoms with Crippen LogP contribution in [0.4, 0.5) is 10.6 Å². The third-order valence-corrected chi connectivity index (χ3v) is 5.27. The minimum atomic E-state index is -0.518. The van der Waals surface area contributed by atoms with Crippen LogP contribution in [0.3, 0.4) is 0 Å². The van der Waals surface area contributed by atoms with Crippen molar-refractivity contribution in [3.8, 4) is 6.07 Å². The van der Waals surface area contributed by atoms with Crippen molar-refractivity contribution in [3.05, 3.63) is 22.8 Å². The zero-order valence-electron chi connectivity index (χ0n) is 16.8. The molecule has 3 atom stereocenters. The highest BCUT2D eigenvalue weighted by atomic mass is 35.5. The minimum Gasteiger partial charge on any atom is -0.444 e. The maximum Gasteiger partial charge on any atom is 0.407 e. The van der Waals surface area contributed by atoms with E-state index >= 15 is 0 Å². The molecule has 0 bridgehead atoms. The van der Waals surface area contributed by atoms with Gasteiger partial charge in [0.1, 0.15) is 22.6 Å². The Balaban J connectivity index is 2.13. The highest BCUT2D eigenvalue weighted by molar-refractivity contribution is 6.30. The molecule has 1 aromatic rings. The summed E-state index contributed by atoms with van der Waals surface area (Å²) in [6, 6.07) is 5.75. The number of nitrogens with zero attached hydrogens (tertiary/aromatic N) is 3. The van der Waals surface area contributed by atoms with E-state index in [-0.39, 0.29) is 29.2 Å². The largest absolute Gasteiger partial charge is 0.444 e. The Labute approximate surface area is 166 Å². The number of nitrogens with one attached hydrogen (secondary N) is 1. The summed E-state index contributed by atoms with van der Waals surface area (Å²) in [7, 11) is 1.99. The summed E-state index contributed by atoms with van der Waals surface area (Å²) in [5, 5.41) is 12.2. The van der Waals surface area contributed by atoms with Crippen LogP contribution >= 0.6 is 11.6 Å². The van der Waals surface area contributed by atoms with Gasteiger partial charge in [0, 0.05) is 19.1 Å². The smallest absolute Gasteiger partial charge is 0.407 e. The van der Waals surface area contributed by atoms with Crippen molar-refractivity contribution < 1.29 is 9.53 Å². The Bertz CT molecular complexity index is 711. The summed E-state index contributed by atoms with van der Waals surface area (Å²) in [6.45, 7) is 7.60. The van der Waals surface area contributed by atoms with Gasteiger partial charge in [-0.05, 0) is 58.6 Å². The second kappa shape index (κ2) is 8.79. The van der Waals surface area contributed by atoms with Crippen molar-refractivity contribution in [3.63, 3.8) is 0 Å². The monoisotopic (exact) mass is 392 g/mol. The number of carbonyl (C=O) groups is 1. The lowest BCUT2D eigenvalue weighted by Crippen LogP contribution is -2.50. The van der Waals surface area contributed by atoms with Crippen LogP contribution in [0.15, 0.2) is 12.1 Å². The number of nitriles is 1. The minimum absolute atomic E-state index is 0.0264. The van der Waals surface area contributed by atoms with E-state index in [1.807, 2.05) is 46.9 Å². The second-order valence-electron chi connectivity index (χ2n) is 8.18. The third-order valence-electron chi connectivity index (χ3n) is 4.98. The quantitative estimate of drug-likeness (QED) is 0.762. The average molecular weight is 393 g/mol. The van der Waals surface area contributed by atoms with Crippen LogP contribution in [0.25, 0.3) is 0 Å². The van der Waals surface area contributed by atoms with E-state index in [1.165, 1.54) is 0 Å². The van der Waals surface area contributed by atoms with Crippen molar-refractivity contribution in [2.24, 2.45) is 5.92 Å². The maximum atomic E-state index is 12.2. The lowest BCUT2D eigenvalue weighted by molar-refractivity contribution is 0.0479. The third kappa shape index (κ3) is 5.74. The normalized spacial score (nSPS) is 21.1. The van der Waals surface area contributed by atoms with Gasteiger partial charge in [-0.1, -0.05) is 24.4 Å². The summed E-state index contributed by atoms with van der Waals surface area (Å²) in [5.41, 5.74) is -0.149. The Hall–Kier alpha value is -2.00. The SMILES string of the molecule is CC(NC(=O)OC(C)(C)C)C1CCCCC1N(C)c1ccc(C#N)c(Cl)n1. The molecule has 0 radical (unpaired) electrons. The molecule has 148 valence electrons. The number of hydrogen-bond donors (Lipinski definition) is 1. The number of hydrogen-bond acceptors (Lipinski definition) is 5. The molecule has 1 aliphatic carbocycles. The zero-order valence-corrected chi connectivity index (χ0v) is 17.5. The molecule has 1 heterocycles. The molecule has 3 unspecified atom stereocenters. The Morgan fingerprint density at radius 2 is 2.07 bits per heavy atom. The predicted molar refractivity (Wildman–Crippen MR) is 107 cm³/mol. The van der Waals surface area contributed by atoms with Gasteiger partial charge in [0.15, 0.2) is 0 Å². The number of alkyl carbamates (subject to hydrolysis) is 1. The molecule has 7 heteroatoms. The van der Waals surface area contributed by atoms with E-state index in [9.17, 15) is 4.79 Å². The molecule has 0 saturated heterocycles. The topological polar surface area (TPSA) is 78.2 Å². The zero-order chi connectivity index (χ0) is 20.2. The fourth-order valence-electron chi connectivity index (χ4n) is 3.68. The Morgan fingerprint density at radius 1 is 1.41 bits per heavy atom. The first-order chi connectivity index (χ1) is 12.6. The van der Waals surface area contributed by atoms with E-state index in [4.69, 9.17) is 21.6 Å². The van der Waals surface area contributed by atoms with Crippen LogP contribution in [0.5, 0.6) is 0 Å². The molecule has 27 heavy (non-hydrogen) atoms. The average Bonchev–Trinajstić information content (AvgIpc) is 2.59. The summed E-state index contributed by atoms with van der Waals surface area (Å²) in [4.78, 5) is 18.7. The number of rotatable bonds is 4. The van der Waals surface area contributed by atoms with E-state index in [2.05, 4.69) is 15.2 Å². The molecule has 0 aromatic carbocycles. The van der Waals surface area contributed by atoms with Gasteiger partial charge in [-0.2, -0.15) is 5.26 Å². The number of carbonyl (C=O) groups excluding carboxylic acids is 1. The van der Waals surface area contributed by atoms with Gasteiger partial charge in [-0.3, -0.25) is 0 Å². The predicted octanol–water partition coefficient (Wildman–Crippen LogP) is 4.51. The molecule has 1 amide bonds. The van der Waals surface area contributed by atoms with Crippen LogP contribution in [0.1, 0.15) is 58.9 Å². The van der Waals surface area contributed by atoms with E-state index in [0.29, 0.717) is 5.56 Å². The summed E-state index contributed by atoms with van der Waals surface area (Å²) in [5.74, 6) is 1.01. The standard InChI is InChI=1S/C20H29ClN4O2/c1-13(23-19(26)27-20(2,3)4)15-8-6-7-9-16(15)25(5)17-11-10-14(12-22)18(21)24-17/h10-11,13,15-16H,6-9H2,1-5H3,(H,23,26). The van der Waals surface area contributed by atoms with Crippen LogP contribution in [-0.4, -0.2) is 35.8 Å². The van der Waals surface area contributed by atoms with E-state index < -0.39 is 5.60 Å². The van der Waals surface area contributed by atoms with Crippen molar-refractivity contribution in [1.82, 2.24) is 10.3 Å². The van der Waals surface area contributed by atoms with Gasteiger partial charge in [0.05, 0.1) is 5.56 Å². The van der Waals surface area contributed by atoms with Gasteiger partial charge in [-0.15, -0.1) is 0 Å². The molecule has 1 saturated carbocycles. The number of amides is 1. The van der Waals surface area contributed by atoms with Crippen molar-refractivity contribution >= 4 is 23.5 Å². The fraction of sp³-hybridized carbons (Fsp3) is 0.650. The highest BCUT2D eigenvalue weighted by Crippen LogP contribution is 2.33. The number of anilines is 1. The molecular formula is C20H29ClN4O2. The van der Waals surface area contributed by atoms with Crippen molar-refractivity contribution in [2.45, 2.75) is 71.1 Å². The van der Waals surface area contributed by atoms with Crippen LogP contribution in [0.2, 0.25) is 5.15 Å². The summed E-state index contributed by atoms with van der Waals surface area (Å²) >= 11 is 6.11. The van der Waals surface area contributed by atoms with Crippen LogP contribution < -0.4 is 10.2 Å². The summed E-state index contributed by atoms with van der Waals surface area (Å²) < 4.78 is 5.40. The van der Waals surface area contributed by atoms with Gasteiger partial charge in [0.25, 0.3) is 0 Å². The Morgan fingerprint density at radius 3 is 2.67 bits per heavy atom. The molecule has 2 rings (SSSR count). The molecule has 1 fully saturated rings. The van der Waals surface area contributed by atoms with Gasteiger partial charge < -0.3 is 15.0 Å². The highest BCUT2D eigenvalue weighted by Gasteiger charge is 2.34. The first-order valence-corrected chi connectivity index (χ1v) is 9.79. The molecule has 0 spiro atoms. The van der Waals surface area contributed by atoms with Gasteiger partial charge in [-0.25, -0.2) is 9.78 Å².